The summed E-state index contributed by atoms with van der Waals surface area (Å²) in [5, 5.41) is 14.0. The molecule has 1 N–H and O–H groups in total. The number of rotatable bonds is 6. The Kier molecular flexibility index (Phi) is 5.14. The van der Waals surface area contributed by atoms with E-state index in [0.29, 0.717) is 6.54 Å². The number of nitro benzene ring substituents is 1. The molecule has 1 aromatic carbocycles. The predicted molar refractivity (Wildman–Crippen MR) is 94.4 cm³/mol. The van der Waals surface area contributed by atoms with Gasteiger partial charge in [0, 0.05) is 31.5 Å². The van der Waals surface area contributed by atoms with Crippen LogP contribution in [0.1, 0.15) is 34.9 Å². The van der Waals surface area contributed by atoms with Gasteiger partial charge in [-0.15, -0.1) is 0 Å². The van der Waals surface area contributed by atoms with Crippen molar-refractivity contribution >= 4 is 11.6 Å². The number of benzene rings is 1. The van der Waals surface area contributed by atoms with Crippen LogP contribution < -0.4 is 5.32 Å². The number of hydrogen-bond acceptors (Lipinski definition) is 4. The van der Waals surface area contributed by atoms with Gasteiger partial charge in [-0.05, 0) is 44.1 Å². The van der Waals surface area contributed by atoms with Crippen molar-refractivity contribution in [3.05, 3.63) is 64.0 Å². The summed E-state index contributed by atoms with van der Waals surface area (Å²) in [6.07, 6.45) is 4.29. The number of hydrogen-bond donors (Lipinski definition) is 1. The maximum absolute atomic E-state index is 12.5. The number of likely N-dealkylation sites (tertiary alicyclic amines) is 1. The van der Waals surface area contributed by atoms with Crippen LogP contribution in [0.15, 0.2) is 42.6 Å². The Bertz CT molecular complexity index is 765. The van der Waals surface area contributed by atoms with Crippen LogP contribution in [0, 0.1) is 10.1 Å². The Morgan fingerprint density at radius 2 is 1.96 bits per heavy atom. The quantitative estimate of drug-likeness (QED) is 0.646. The van der Waals surface area contributed by atoms with Gasteiger partial charge in [0.05, 0.1) is 11.0 Å². The van der Waals surface area contributed by atoms with Crippen molar-refractivity contribution < 1.29 is 9.72 Å². The van der Waals surface area contributed by atoms with Crippen LogP contribution >= 0.6 is 0 Å². The molecule has 0 saturated carbocycles. The standard InChI is InChI=1S/C18H22N4O3/c1-20-10-6-9-16(20)17(21-11-4-5-12-21)13-19-18(23)14-7-2-3-8-15(14)22(24)25/h2-3,6-10,17H,4-5,11-13H2,1H3,(H,19,23). The van der Waals surface area contributed by atoms with Gasteiger partial charge in [-0.25, -0.2) is 0 Å². The first-order valence-corrected chi connectivity index (χ1v) is 8.45. The number of aryl methyl sites for hydroxylation is 1. The van der Waals surface area contributed by atoms with Crippen LogP contribution in [-0.2, 0) is 7.05 Å². The van der Waals surface area contributed by atoms with E-state index < -0.39 is 10.8 Å². The highest BCUT2D eigenvalue weighted by Gasteiger charge is 2.27. The lowest BCUT2D eigenvalue weighted by atomic mass is 10.1. The first-order chi connectivity index (χ1) is 12.1. The lowest BCUT2D eigenvalue weighted by molar-refractivity contribution is -0.385. The molecule has 132 valence electrons. The lowest BCUT2D eigenvalue weighted by Crippen LogP contribution is -2.37. The van der Waals surface area contributed by atoms with E-state index in [1.165, 1.54) is 12.1 Å². The topological polar surface area (TPSA) is 80.4 Å². The molecule has 0 radical (unpaired) electrons. The monoisotopic (exact) mass is 342 g/mol. The maximum atomic E-state index is 12.5. The Labute approximate surface area is 146 Å². The molecule has 1 fully saturated rings. The second kappa shape index (κ2) is 7.48. The Balaban J connectivity index is 1.76. The molecular formula is C18H22N4O3. The number of nitro groups is 1. The van der Waals surface area contributed by atoms with Crippen molar-refractivity contribution in [2.75, 3.05) is 19.6 Å². The number of nitrogens with zero attached hydrogens (tertiary/aromatic N) is 3. The van der Waals surface area contributed by atoms with Crippen molar-refractivity contribution in [1.82, 2.24) is 14.8 Å². The summed E-state index contributed by atoms with van der Waals surface area (Å²) in [5.41, 5.74) is 1.06. The fourth-order valence-electron chi connectivity index (χ4n) is 3.40. The third-order valence-corrected chi connectivity index (χ3v) is 4.71. The van der Waals surface area contributed by atoms with Crippen molar-refractivity contribution in [2.45, 2.75) is 18.9 Å². The fraction of sp³-hybridized carbons (Fsp3) is 0.389. The van der Waals surface area contributed by atoms with Crippen LogP contribution in [-0.4, -0.2) is 39.9 Å². The van der Waals surface area contributed by atoms with Crippen molar-refractivity contribution in [3.8, 4) is 0 Å². The summed E-state index contributed by atoms with van der Waals surface area (Å²) < 4.78 is 2.06. The first-order valence-electron chi connectivity index (χ1n) is 8.45. The minimum absolute atomic E-state index is 0.0641. The molecule has 1 saturated heterocycles. The highest BCUT2D eigenvalue weighted by molar-refractivity contribution is 5.98. The molecule has 1 amide bonds. The largest absolute Gasteiger partial charge is 0.353 e. The molecule has 25 heavy (non-hydrogen) atoms. The zero-order chi connectivity index (χ0) is 17.8. The smallest absolute Gasteiger partial charge is 0.282 e. The SMILES string of the molecule is Cn1cccc1C(CNC(=O)c1ccccc1[N+](=O)[O-])N1CCCC1. The number of carbonyl (C=O) groups excluding carboxylic acids is 1. The molecule has 3 rings (SSSR count). The molecule has 1 aliphatic heterocycles. The summed E-state index contributed by atoms with van der Waals surface area (Å²) >= 11 is 0. The van der Waals surface area contributed by atoms with Crippen LogP contribution in [0.2, 0.25) is 0 Å². The third kappa shape index (κ3) is 3.71. The highest BCUT2D eigenvalue weighted by Crippen LogP contribution is 2.25. The van der Waals surface area contributed by atoms with Gasteiger partial charge >= 0.3 is 0 Å². The molecule has 0 aliphatic carbocycles. The molecule has 2 aromatic rings. The highest BCUT2D eigenvalue weighted by atomic mass is 16.6. The van der Waals surface area contributed by atoms with E-state index in [1.54, 1.807) is 12.1 Å². The number of nitrogens with one attached hydrogen (secondary N) is 1. The third-order valence-electron chi connectivity index (χ3n) is 4.71. The molecule has 7 heteroatoms. The van der Waals surface area contributed by atoms with E-state index in [2.05, 4.69) is 20.9 Å². The Morgan fingerprint density at radius 1 is 1.24 bits per heavy atom. The van der Waals surface area contributed by atoms with Gasteiger partial charge in [-0.1, -0.05) is 12.1 Å². The lowest BCUT2D eigenvalue weighted by Gasteiger charge is -2.28. The predicted octanol–water partition coefficient (Wildman–Crippen LogP) is 2.50. The fourth-order valence-corrected chi connectivity index (χ4v) is 3.40. The summed E-state index contributed by atoms with van der Waals surface area (Å²) in [5.74, 6) is -0.411. The number of para-hydroxylation sites is 1. The van der Waals surface area contributed by atoms with Crippen molar-refractivity contribution in [3.63, 3.8) is 0 Å². The van der Waals surface area contributed by atoms with Gasteiger partial charge in [0.15, 0.2) is 0 Å². The second-order valence-electron chi connectivity index (χ2n) is 6.29. The van der Waals surface area contributed by atoms with Crippen molar-refractivity contribution in [2.24, 2.45) is 7.05 Å². The maximum Gasteiger partial charge on any atom is 0.282 e. The molecule has 2 heterocycles. The summed E-state index contributed by atoms with van der Waals surface area (Å²) in [6.45, 7) is 2.41. The van der Waals surface area contributed by atoms with Gasteiger partial charge in [0.1, 0.15) is 5.56 Å². The Hall–Kier alpha value is -2.67. The van der Waals surface area contributed by atoms with Crippen molar-refractivity contribution in [1.29, 1.82) is 0 Å². The number of carbonyl (C=O) groups is 1. The van der Waals surface area contributed by atoms with E-state index in [9.17, 15) is 14.9 Å². The minimum Gasteiger partial charge on any atom is -0.353 e. The summed E-state index contributed by atoms with van der Waals surface area (Å²) in [4.78, 5) is 25.5. The molecule has 7 nitrogen and oxygen atoms in total. The average Bonchev–Trinajstić information content (AvgIpc) is 3.27. The van der Waals surface area contributed by atoms with E-state index in [4.69, 9.17) is 0 Å². The van der Waals surface area contributed by atoms with Gasteiger partial charge < -0.3 is 9.88 Å². The molecule has 1 aromatic heterocycles. The first kappa shape index (κ1) is 17.2. The zero-order valence-electron chi connectivity index (χ0n) is 14.2. The molecule has 1 atom stereocenters. The van der Waals surface area contributed by atoms with Crippen LogP contribution in [0.4, 0.5) is 5.69 Å². The van der Waals surface area contributed by atoms with E-state index in [-0.39, 0.29) is 17.3 Å². The van der Waals surface area contributed by atoms with Crippen LogP contribution in [0.5, 0.6) is 0 Å². The molecule has 1 unspecified atom stereocenters. The summed E-state index contributed by atoms with van der Waals surface area (Å²) in [7, 11) is 1.99. The van der Waals surface area contributed by atoms with E-state index in [0.717, 1.165) is 31.6 Å². The number of amides is 1. The van der Waals surface area contributed by atoms with Gasteiger partial charge in [-0.2, -0.15) is 0 Å². The Morgan fingerprint density at radius 3 is 2.60 bits per heavy atom. The molecule has 0 spiro atoms. The summed E-state index contributed by atoms with van der Waals surface area (Å²) in [6, 6.07) is 10.1. The minimum atomic E-state index is -0.524. The van der Waals surface area contributed by atoms with E-state index in [1.807, 2.05) is 19.3 Å². The average molecular weight is 342 g/mol. The number of aromatic nitrogens is 1. The molecule has 1 aliphatic rings. The second-order valence-corrected chi connectivity index (χ2v) is 6.29. The van der Waals surface area contributed by atoms with Crippen LogP contribution in [0.3, 0.4) is 0 Å². The van der Waals surface area contributed by atoms with Gasteiger partial charge in [0.25, 0.3) is 11.6 Å². The van der Waals surface area contributed by atoms with Gasteiger partial charge in [-0.3, -0.25) is 19.8 Å². The van der Waals surface area contributed by atoms with E-state index >= 15 is 0 Å². The van der Waals surface area contributed by atoms with Crippen LogP contribution in [0.25, 0.3) is 0 Å². The zero-order valence-corrected chi connectivity index (χ0v) is 14.2. The molecule has 0 bridgehead atoms. The normalized spacial score (nSPS) is 15.9. The van der Waals surface area contributed by atoms with Gasteiger partial charge in [0.2, 0.25) is 0 Å². The molecular weight excluding hydrogens is 320 g/mol.